The lowest BCUT2D eigenvalue weighted by Crippen LogP contribution is -2.42. The number of anilines is 1. The Kier molecular flexibility index (Phi) is 4.34. The highest BCUT2D eigenvalue weighted by molar-refractivity contribution is 5.41. The molecule has 1 aromatic rings. The minimum absolute atomic E-state index is 0.346. The molecule has 0 saturated carbocycles. The highest BCUT2D eigenvalue weighted by Crippen LogP contribution is 2.17. The highest BCUT2D eigenvalue weighted by atomic mass is 16.5. The van der Waals surface area contributed by atoms with Gasteiger partial charge in [0.1, 0.15) is 5.82 Å². The molecule has 1 atom stereocenters. The molecule has 1 fully saturated rings. The van der Waals surface area contributed by atoms with Crippen LogP contribution >= 0.6 is 0 Å². The van der Waals surface area contributed by atoms with Gasteiger partial charge in [-0.2, -0.15) is 0 Å². The van der Waals surface area contributed by atoms with Gasteiger partial charge >= 0.3 is 0 Å². The van der Waals surface area contributed by atoms with Crippen LogP contribution < -0.4 is 10.2 Å². The minimum Gasteiger partial charge on any atom is -0.375 e. The van der Waals surface area contributed by atoms with Crippen LogP contribution in [0.5, 0.6) is 0 Å². The summed E-state index contributed by atoms with van der Waals surface area (Å²) in [5, 5.41) is 3.16. The molecule has 94 valence electrons. The number of pyridine rings is 1. The molecule has 1 saturated heterocycles. The summed E-state index contributed by atoms with van der Waals surface area (Å²) in [6.45, 7) is 5.74. The van der Waals surface area contributed by atoms with Crippen LogP contribution in [0.15, 0.2) is 18.3 Å². The Bertz CT molecular complexity index is 356. The van der Waals surface area contributed by atoms with E-state index in [1.807, 2.05) is 13.2 Å². The lowest BCUT2D eigenvalue weighted by atomic mass is 10.2. The Morgan fingerprint density at radius 3 is 3.24 bits per heavy atom. The second kappa shape index (κ2) is 5.98. The number of hydrogen-bond acceptors (Lipinski definition) is 4. The van der Waals surface area contributed by atoms with E-state index in [4.69, 9.17) is 4.74 Å². The molecular formula is C13H21N3O. The van der Waals surface area contributed by atoms with Gasteiger partial charge in [0, 0.05) is 25.8 Å². The smallest absolute Gasteiger partial charge is 0.128 e. The minimum atomic E-state index is 0.346. The van der Waals surface area contributed by atoms with Gasteiger partial charge in [-0.3, -0.25) is 0 Å². The maximum atomic E-state index is 5.67. The van der Waals surface area contributed by atoms with Crippen LogP contribution in [0.1, 0.15) is 18.9 Å². The quantitative estimate of drug-likeness (QED) is 0.856. The van der Waals surface area contributed by atoms with Crippen molar-refractivity contribution in [2.45, 2.75) is 26.0 Å². The van der Waals surface area contributed by atoms with Crippen molar-refractivity contribution in [3.63, 3.8) is 0 Å². The fourth-order valence-corrected chi connectivity index (χ4v) is 2.12. The van der Waals surface area contributed by atoms with Crippen molar-refractivity contribution < 1.29 is 4.74 Å². The number of ether oxygens (including phenoxy) is 1. The van der Waals surface area contributed by atoms with E-state index in [1.165, 1.54) is 5.56 Å². The molecule has 1 aliphatic heterocycles. The van der Waals surface area contributed by atoms with Crippen LogP contribution in [-0.4, -0.2) is 37.8 Å². The molecule has 0 aromatic carbocycles. The topological polar surface area (TPSA) is 37.4 Å². The van der Waals surface area contributed by atoms with E-state index in [0.717, 1.165) is 38.5 Å². The Hall–Kier alpha value is -1.13. The zero-order valence-corrected chi connectivity index (χ0v) is 10.6. The number of rotatable bonds is 4. The summed E-state index contributed by atoms with van der Waals surface area (Å²) in [7, 11) is 1.96. The summed E-state index contributed by atoms with van der Waals surface area (Å²) in [6, 6.07) is 4.21. The van der Waals surface area contributed by atoms with Gasteiger partial charge in [-0.05, 0) is 31.2 Å². The summed E-state index contributed by atoms with van der Waals surface area (Å²) in [5.41, 5.74) is 1.28. The van der Waals surface area contributed by atoms with Gasteiger partial charge in [0.05, 0.1) is 12.7 Å². The van der Waals surface area contributed by atoms with E-state index in [1.54, 1.807) is 0 Å². The Morgan fingerprint density at radius 2 is 2.47 bits per heavy atom. The molecular weight excluding hydrogens is 214 g/mol. The van der Waals surface area contributed by atoms with Crippen LogP contribution in [-0.2, 0) is 11.3 Å². The van der Waals surface area contributed by atoms with Gasteiger partial charge in [-0.15, -0.1) is 0 Å². The fourth-order valence-electron chi connectivity index (χ4n) is 2.12. The Morgan fingerprint density at radius 1 is 1.59 bits per heavy atom. The third-order valence-electron chi connectivity index (χ3n) is 3.11. The van der Waals surface area contributed by atoms with Gasteiger partial charge in [-0.25, -0.2) is 4.98 Å². The van der Waals surface area contributed by atoms with Crippen molar-refractivity contribution >= 4 is 5.82 Å². The molecule has 1 aromatic heterocycles. The van der Waals surface area contributed by atoms with Crippen LogP contribution in [0.2, 0.25) is 0 Å². The number of morpholine rings is 1. The lowest BCUT2D eigenvalue weighted by Gasteiger charge is -2.33. The van der Waals surface area contributed by atoms with Gasteiger partial charge in [0.2, 0.25) is 0 Å². The first-order chi connectivity index (χ1) is 8.33. The molecule has 2 heterocycles. The van der Waals surface area contributed by atoms with Crippen molar-refractivity contribution in [3.05, 3.63) is 23.9 Å². The summed E-state index contributed by atoms with van der Waals surface area (Å²) >= 11 is 0. The second-order valence-electron chi connectivity index (χ2n) is 4.40. The van der Waals surface area contributed by atoms with Crippen molar-refractivity contribution in [2.24, 2.45) is 0 Å². The van der Waals surface area contributed by atoms with E-state index >= 15 is 0 Å². The predicted octanol–water partition coefficient (Wildman–Crippen LogP) is 1.42. The first-order valence-electron chi connectivity index (χ1n) is 6.29. The molecule has 1 aliphatic rings. The number of nitrogens with zero attached hydrogens (tertiary/aromatic N) is 2. The summed E-state index contributed by atoms with van der Waals surface area (Å²) in [6.07, 6.45) is 3.30. The van der Waals surface area contributed by atoms with Gasteiger partial charge in [0.25, 0.3) is 0 Å². The van der Waals surface area contributed by atoms with Crippen LogP contribution in [0, 0.1) is 0 Å². The Labute approximate surface area is 103 Å². The zero-order valence-electron chi connectivity index (χ0n) is 10.6. The molecule has 0 bridgehead atoms. The van der Waals surface area contributed by atoms with Gasteiger partial charge in [-0.1, -0.05) is 6.92 Å². The SMILES string of the molecule is CCC1CN(c2cc(CNC)ccn2)CCO1. The molecule has 0 spiro atoms. The first kappa shape index (κ1) is 12.3. The number of nitrogens with one attached hydrogen (secondary N) is 1. The van der Waals surface area contributed by atoms with Crippen LogP contribution in [0.4, 0.5) is 5.82 Å². The van der Waals surface area contributed by atoms with Crippen molar-refractivity contribution in [1.82, 2.24) is 10.3 Å². The standard InChI is InChI=1S/C13H21N3O/c1-3-12-10-16(6-7-17-12)13-8-11(9-14-2)4-5-15-13/h4-5,8,12,14H,3,6-7,9-10H2,1-2H3. The summed E-state index contributed by atoms with van der Waals surface area (Å²) in [4.78, 5) is 6.77. The monoisotopic (exact) mass is 235 g/mol. The van der Waals surface area contributed by atoms with E-state index in [9.17, 15) is 0 Å². The lowest BCUT2D eigenvalue weighted by molar-refractivity contribution is 0.0381. The van der Waals surface area contributed by atoms with Gasteiger partial charge < -0.3 is 15.0 Å². The first-order valence-corrected chi connectivity index (χ1v) is 6.29. The second-order valence-corrected chi connectivity index (χ2v) is 4.40. The van der Waals surface area contributed by atoms with Crippen molar-refractivity contribution in [3.8, 4) is 0 Å². The fraction of sp³-hybridized carbons (Fsp3) is 0.615. The molecule has 0 amide bonds. The maximum Gasteiger partial charge on any atom is 0.128 e. The van der Waals surface area contributed by atoms with Crippen molar-refractivity contribution in [1.29, 1.82) is 0 Å². The van der Waals surface area contributed by atoms with E-state index in [0.29, 0.717) is 6.10 Å². The normalized spacial score (nSPS) is 20.6. The molecule has 17 heavy (non-hydrogen) atoms. The predicted molar refractivity (Wildman–Crippen MR) is 69.2 cm³/mol. The van der Waals surface area contributed by atoms with Crippen LogP contribution in [0.25, 0.3) is 0 Å². The molecule has 0 aliphatic carbocycles. The van der Waals surface area contributed by atoms with Crippen LogP contribution in [0.3, 0.4) is 0 Å². The third-order valence-corrected chi connectivity index (χ3v) is 3.11. The highest BCUT2D eigenvalue weighted by Gasteiger charge is 2.19. The Balaban J connectivity index is 2.07. The molecule has 4 heteroatoms. The number of hydrogen-bond donors (Lipinski definition) is 1. The summed E-state index contributed by atoms with van der Waals surface area (Å²) < 4.78 is 5.67. The van der Waals surface area contributed by atoms with E-state index < -0.39 is 0 Å². The molecule has 2 rings (SSSR count). The zero-order chi connectivity index (χ0) is 12.1. The number of aromatic nitrogens is 1. The van der Waals surface area contributed by atoms with E-state index in [2.05, 4.69) is 34.3 Å². The third kappa shape index (κ3) is 3.17. The van der Waals surface area contributed by atoms with Crippen molar-refractivity contribution in [2.75, 3.05) is 31.6 Å². The molecule has 4 nitrogen and oxygen atoms in total. The van der Waals surface area contributed by atoms with Gasteiger partial charge in [0.15, 0.2) is 0 Å². The molecule has 0 radical (unpaired) electrons. The molecule has 1 unspecified atom stereocenters. The maximum absolute atomic E-state index is 5.67. The summed E-state index contributed by atoms with van der Waals surface area (Å²) in [5.74, 6) is 1.07. The average Bonchev–Trinajstić information content (AvgIpc) is 2.40. The molecule has 1 N–H and O–H groups in total. The average molecular weight is 235 g/mol. The largest absolute Gasteiger partial charge is 0.375 e. The van der Waals surface area contributed by atoms with E-state index in [-0.39, 0.29) is 0 Å².